The van der Waals surface area contributed by atoms with Crippen molar-refractivity contribution in [2.24, 2.45) is 4.99 Å². The molecule has 0 spiro atoms. The molecule has 0 amide bonds. The van der Waals surface area contributed by atoms with E-state index in [1.54, 1.807) is 12.1 Å². The van der Waals surface area contributed by atoms with Crippen molar-refractivity contribution < 1.29 is 13.2 Å². The van der Waals surface area contributed by atoms with Gasteiger partial charge in [0.25, 0.3) is 0 Å². The van der Waals surface area contributed by atoms with Crippen molar-refractivity contribution in [3.63, 3.8) is 0 Å². The number of terminal acetylenes is 1. The smallest absolute Gasteiger partial charge is 0.357 e. The van der Waals surface area contributed by atoms with Gasteiger partial charge in [-0.1, -0.05) is 18.1 Å². The summed E-state index contributed by atoms with van der Waals surface area (Å²) in [6.45, 7) is 5.37. The first-order valence-corrected chi connectivity index (χ1v) is 8.29. The third-order valence-corrected chi connectivity index (χ3v) is 3.97. The normalized spacial score (nSPS) is 18.1. The van der Waals surface area contributed by atoms with Crippen molar-refractivity contribution >= 4 is 29.9 Å². The van der Waals surface area contributed by atoms with Gasteiger partial charge in [-0.15, -0.1) is 30.4 Å². The number of alkyl halides is 3. The van der Waals surface area contributed by atoms with Crippen LogP contribution < -0.4 is 10.6 Å². The van der Waals surface area contributed by atoms with Gasteiger partial charge in [0.05, 0.1) is 5.56 Å². The average molecular weight is 480 g/mol. The average Bonchev–Trinajstić information content (AvgIpc) is 2.99. The molecule has 0 aromatic heterocycles. The summed E-state index contributed by atoms with van der Waals surface area (Å²) in [4.78, 5) is 6.48. The van der Waals surface area contributed by atoms with E-state index in [-0.39, 0.29) is 30.0 Å². The lowest BCUT2D eigenvalue weighted by Gasteiger charge is -2.19. The molecule has 0 saturated carbocycles. The lowest BCUT2D eigenvalue weighted by molar-refractivity contribution is -0.137. The molecule has 1 saturated heterocycles. The van der Waals surface area contributed by atoms with E-state index < -0.39 is 11.7 Å². The van der Waals surface area contributed by atoms with E-state index in [1.807, 2.05) is 6.92 Å². The molecule has 1 aromatic rings. The number of guanidine groups is 1. The number of hydrogen-bond acceptors (Lipinski definition) is 2. The van der Waals surface area contributed by atoms with Crippen LogP contribution in [-0.2, 0) is 12.7 Å². The number of hydrogen-bond donors (Lipinski definition) is 2. The molecule has 2 N–H and O–H groups in total. The number of nitrogens with one attached hydrogen (secondary N) is 2. The Bertz CT molecular complexity index is 623. The third-order valence-electron chi connectivity index (χ3n) is 3.97. The van der Waals surface area contributed by atoms with Crippen LogP contribution >= 0.6 is 24.0 Å². The van der Waals surface area contributed by atoms with Crippen molar-refractivity contribution in [1.29, 1.82) is 0 Å². The van der Waals surface area contributed by atoms with Crippen LogP contribution in [0.25, 0.3) is 0 Å². The van der Waals surface area contributed by atoms with Gasteiger partial charge in [0.1, 0.15) is 6.54 Å². The van der Waals surface area contributed by atoms with E-state index >= 15 is 0 Å². The minimum absolute atomic E-state index is 0. The molecule has 1 heterocycles. The van der Waals surface area contributed by atoms with E-state index in [9.17, 15) is 13.2 Å². The molecular weight excluding hydrogens is 456 g/mol. The zero-order chi connectivity index (χ0) is 18.3. The molecule has 1 aromatic carbocycles. The van der Waals surface area contributed by atoms with E-state index in [0.29, 0.717) is 19.0 Å². The summed E-state index contributed by atoms with van der Waals surface area (Å²) in [5.41, 5.74) is 0.263. The van der Waals surface area contributed by atoms with Crippen LogP contribution in [-0.4, -0.2) is 43.1 Å². The highest BCUT2D eigenvalue weighted by Gasteiger charge is 2.30. The molecule has 1 aliphatic rings. The zero-order valence-corrected chi connectivity index (χ0v) is 17.0. The van der Waals surface area contributed by atoms with Crippen LogP contribution in [0.15, 0.2) is 29.3 Å². The first kappa shape index (κ1) is 22.6. The molecule has 26 heavy (non-hydrogen) atoms. The summed E-state index contributed by atoms with van der Waals surface area (Å²) < 4.78 is 37.8. The van der Waals surface area contributed by atoms with Gasteiger partial charge in [-0.05, 0) is 31.0 Å². The van der Waals surface area contributed by atoms with Crippen LogP contribution in [0.5, 0.6) is 0 Å². The third kappa shape index (κ3) is 7.03. The summed E-state index contributed by atoms with van der Waals surface area (Å²) in [6, 6.07) is 5.60. The van der Waals surface area contributed by atoms with Gasteiger partial charge in [-0.2, -0.15) is 13.2 Å². The van der Waals surface area contributed by atoms with E-state index in [4.69, 9.17) is 6.42 Å². The number of nitrogens with zero attached hydrogens (tertiary/aromatic N) is 2. The minimum Gasteiger partial charge on any atom is -0.357 e. The summed E-state index contributed by atoms with van der Waals surface area (Å²) >= 11 is 0. The molecule has 1 aliphatic heterocycles. The van der Waals surface area contributed by atoms with Crippen LogP contribution in [0.1, 0.15) is 24.5 Å². The molecule has 1 atom stereocenters. The molecule has 144 valence electrons. The second kappa shape index (κ2) is 10.6. The first-order chi connectivity index (χ1) is 11.9. The van der Waals surface area contributed by atoms with Crippen LogP contribution in [0.4, 0.5) is 13.2 Å². The van der Waals surface area contributed by atoms with E-state index in [0.717, 1.165) is 43.8 Å². The molecule has 0 radical (unpaired) electrons. The van der Waals surface area contributed by atoms with Crippen LogP contribution in [0.2, 0.25) is 0 Å². The zero-order valence-electron chi connectivity index (χ0n) is 14.6. The second-order valence-corrected chi connectivity index (χ2v) is 5.96. The number of rotatable bonds is 5. The van der Waals surface area contributed by atoms with Crippen molar-refractivity contribution in [3.8, 4) is 12.3 Å². The molecule has 4 nitrogen and oxygen atoms in total. The van der Waals surface area contributed by atoms with Crippen molar-refractivity contribution in [2.45, 2.75) is 32.1 Å². The Balaban J connectivity index is 0.00000338. The van der Waals surface area contributed by atoms with Gasteiger partial charge in [0.2, 0.25) is 0 Å². The largest absolute Gasteiger partial charge is 0.416 e. The van der Waals surface area contributed by atoms with Gasteiger partial charge in [0.15, 0.2) is 5.96 Å². The maximum Gasteiger partial charge on any atom is 0.416 e. The summed E-state index contributed by atoms with van der Waals surface area (Å²) in [6.07, 6.45) is 1.89. The summed E-state index contributed by atoms with van der Waals surface area (Å²) in [7, 11) is 0. The van der Waals surface area contributed by atoms with Gasteiger partial charge in [0, 0.05) is 32.2 Å². The quantitative estimate of drug-likeness (QED) is 0.295. The summed E-state index contributed by atoms with van der Waals surface area (Å²) in [5, 5.41) is 6.50. The maximum absolute atomic E-state index is 12.6. The molecule has 0 bridgehead atoms. The minimum atomic E-state index is -4.29. The first-order valence-electron chi connectivity index (χ1n) is 8.29. The Hall–Kier alpha value is -1.47. The van der Waals surface area contributed by atoms with Gasteiger partial charge in [-0.3, -0.25) is 4.90 Å². The van der Waals surface area contributed by atoms with Crippen molar-refractivity contribution in [3.05, 3.63) is 35.4 Å². The molecule has 1 unspecified atom stereocenters. The SMILES string of the molecule is C#CCN=C(NCC)NC1CCN(Cc2ccc(C(F)(F)F)cc2)C1.I. The van der Waals surface area contributed by atoms with Crippen LogP contribution in [0, 0.1) is 12.3 Å². The predicted octanol–water partition coefficient (Wildman–Crippen LogP) is 3.09. The lowest BCUT2D eigenvalue weighted by atomic mass is 10.1. The van der Waals surface area contributed by atoms with E-state index in [2.05, 4.69) is 26.4 Å². The highest BCUT2D eigenvalue weighted by atomic mass is 127. The van der Waals surface area contributed by atoms with Gasteiger partial charge in [-0.25, -0.2) is 4.99 Å². The standard InChI is InChI=1S/C18H23F3N4.HI/c1-3-10-23-17(22-4-2)24-16-9-11-25(13-16)12-14-5-7-15(8-6-14)18(19,20)21;/h1,5-8,16H,4,9-13H2,2H3,(H2,22,23,24);1H. The van der Waals surface area contributed by atoms with Crippen molar-refractivity contribution in [2.75, 3.05) is 26.2 Å². The predicted molar refractivity (Wildman–Crippen MR) is 108 cm³/mol. The maximum atomic E-state index is 12.6. The Kier molecular flexibility index (Phi) is 9.22. The van der Waals surface area contributed by atoms with Crippen LogP contribution in [0.3, 0.4) is 0 Å². The second-order valence-electron chi connectivity index (χ2n) is 5.96. The summed E-state index contributed by atoms with van der Waals surface area (Å²) in [5.74, 6) is 3.18. The van der Waals surface area contributed by atoms with Crippen molar-refractivity contribution in [1.82, 2.24) is 15.5 Å². The topological polar surface area (TPSA) is 39.7 Å². The fraction of sp³-hybridized carbons (Fsp3) is 0.500. The molecule has 2 rings (SSSR count). The Morgan fingerprint density at radius 3 is 2.62 bits per heavy atom. The van der Waals surface area contributed by atoms with Gasteiger partial charge >= 0.3 is 6.18 Å². The highest BCUT2D eigenvalue weighted by Crippen LogP contribution is 2.29. The fourth-order valence-corrected chi connectivity index (χ4v) is 2.79. The number of likely N-dealkylation sites (tertiary alicyclic amines) is 1. The fourth-order valence-electron chi connectivity index (χ4n) is 2.79. The molecule has 1 fully saturated rings. The number of halogens is 4. The lowest BCUT2D eigenvalue weighted by Crippen LogP contribution is -2.44. The Labute approximate surface area is 169 Å². The Morgan fingerprint density at radius 1 is 1.35 bits per heavy atom. The molecule has 0 aliphatic carbocycles. The number of benzene rings is 1. The van der Waals surface area contributed by atoms with E-state index in [1.165, 1.54) is 0 Å². The molecule has 8 heteroatoms. The number of aliphatic imine (C=N–C) groups is 1. The molecular formula is C18H24F3IN4. The highest BCUT2D eigenvalue weighted by molar-refractivity contribution is 14.0. The monoisotopic (exact) mass is 480 g/mol. The van der Waals surface area contributed by atoms with Gasteiger partial charge < -0.3 is 10.6 Å². The Morgan fingerprint density at radius 2 is 2.04 bits per heavy atom.